The van der Waals surface area contributed by atoms with E-state index >= 15 is 0 Å². The molecule has 0 aromatic heterocycles. The predicted octanol–water partition coefficient (Wildman–Crippen LogP) is -0.262. The van der Waals surface area contributed by atoms with Gasteiger partial charge in [-0.25, -0.2) is 0 Å². The molecule has 0 aromatic rings. The number of likely N-dealkylation sites (N-methyl/N-ethyl adjacent to an activating group) is 1. The van der Waals surface area contributed by atoms with Gasteiger partial charge < -0.3 is 20.3 Å². The smallest absolute Gasteiger partial charge is 0.245 e. The maximum Gasteiger partial charge on any atom is 0.245 e. The van der Waals surface area contributed by atoms with Crippen molar-refractivity contribution in [3.05, 3.63) is 0 Å². The van der Waals surface area contributed by atoms with Crippen molar-refractivity contribution in [3.8, 4) is 0 Å². The van der Waals surface area contributed by atoms with Crippen LogP contribution < -0.4 is 10.6 Å². The van der Waals surface area contributed by atoms with Gasteiger partial charge in [-0.2, -0.15) is 0 Å². The van der Waals surface area contributed by atoms with Crippen molar-refractivity contribution in [1.29, 1.82) is 0 Å². The lowest BCUT2D eigenvalue weighted by Gasteiger charge is -2.39. The van der Waals surface area contributed by atoms with Crippen molar-refractivity contribution in [2.24, 2.45) is 0 Å². The largest absolute Gasteiger partial charge is 0.377 e. The number of ether oxygens (including phenoxy) is 1. The highest BCUT2D eigenvalue weighted by Crippen LogP contribution is 2.14. The van der Waals surface area contributed by atoms with E-state index < -0.39 is 11.6 Å². The van der Waals surface area contributed by atoms with Gasteiger partial charge in [-0.05, 0) is 27.3 Å². The molecule has 0 aliphatic carbocycles. The summed E-state index contributed by atoms with van der Waals surface area (Å²) in [5, 5.41) is 5.80. The first-order chi connectivity index (χ1) is 8.94. The Morgan fingerprint density at radius 1 is 1.42 bits per heavy atom. The molecule has 0 radical (unpaired) electrons. The lowest BCUT2D eigenvalue weighted by atomic mass is 10.0. The fraction of sp³-hybridized carbons (Fsp3) is 0.846. The van der Waals surface area contributed by atoms with Gasteiger partial charge in [0.2, 0.25) is 11.8 Å². The normalized spacial score (nSPS) is 20.2. The lowest BCUT2D eigenvalue weighted by molar-refractivity contribution is -0.152. The number of nitrogens with one attached hydrogen (secondary N) is 2. The van der Waals surface area contributed by atoms with Crippen molar-refractivity contribution < 1.29 is 14.3 Å². The van der Waals surface area contributed by atoms with E-state index in [1.54, 1.807) is 11.9 Å². The van der Waals surface area contributed by atoms with E-state index in [-0.39, 0.29) is 18.4 Å². The predicted molar refractivity (Wildman–Crippen MR) is 72.8 cm³/mol. The number of carbonyl (C=O) groups is 2. The molecule has 0 spiro atoms. The summed E-state index contributed by atoms with van der Waals surface area (Å²) in [7, 11) is 1.74. The van der Waals surface area contributed by atoms with Crippen molar-refractivity contribution in [3.63, 3.8) is 0 Å². The van der Waals surface area contributed by atoms with E-state index in [0.717, 1.165) is 6.42 Å². The van der Waals surface area contributed by atoms with Gasteiger partial charge in [0.1, 0.15) is 6.04 Å². The summed E-state index contributed by atoms with van der Waals surface area (Å²) in [6.45, 7) is 7.42. The zero-order valence-corrected chi connectivity index (χ0v) is 12.3. The molecular weight excluding hydrogens is 246 g/mol. The van der Waals surface area contributed by atoms with Gasteiger partial charge in [0.25, 0.3) is 0 Å². The van der Waals surface area contributed by atoms with Crippen LogP contribution in [0.3, 0.4) is 0 Å². The number of amides is 2. The Morgan fingerprint density at radius 2 is 2.11 bits per heavy atom. The number of hydrogen-bond donors (Lipinski definition) is 2. The number of carbonyl (C=O) groups excluding carboxylic acids is 2. The number of morpholine rings is 1. The molecule has 1 atom stereocenters. The van der Waals surface area contributed by atoms with Gasteiger partial charge >= 0.3 is 0 Å². The Bertz CT molecular complexity index is 331. The quantitative estimate of drug-likeness (QED) is 0.722. The molecule has 19 heavy (non-hydrogen) atoms. The van der Waals surface area contributed by atoms with Gasteiger partial charge in [0.15, 0.2) is 0 Å². The molecule has 110 valence electrons. The molecule has 0 saturated carbocycles. The van der Waals surface area contributed by atoms with E-state index in [1.165, 1.54) is 0 Å². The van der Waals surface area contributed by atoms with E-state index in [4.69, 9.17) is 4.74 Å². The van der Waals surface area contributed by atoms with Crippen LogP contribution in [0.2, 0.25) is 0 Å². The van der Waals surface area contributed by atoms with Crippen LogP contribution in [-0.4, -0.2) is 61.6 Å². The first kappa shape index (κ1) is 15.9. The van der Waals surface area contributed by atoms with Crippen LogP contribution in [0.25, 0.3) is 0 Å². The summed E-state index contributed by atoms with van der Waals surface area (Å²) in [5.41, 5.74) is -0.680. The summed E-state index contributed by atoms with van der Waals surface area (Å²) < 4.78 is 5.33. The van der Waals surface area contributed by atoms with Crippen LogP contribution in [0.1, 0.15) is 27.2 Å². The Balaban J connectivity index is 2.77. The third-order valence-electron chi connectivity index (χ3n) is 3.40. The van der Waals surface area contributed by atoms with Crippen LogP contribution >= 0.6 is 0 Å². The summed E-state index contributed by atoms with van der Waals surface area (Å²) in [6.07, 6.45) is 0.870. The van der Waals surface area contributed by atoms with Gasteiger partial charge in [-0.1, -0.05) is 6.92 Å². The molecule has 1 fully saturated rings. The van der Waals surface area contributed by atoms with Crippen LogP contribution in [-0.2, 0) is 14.3 Å². The maximum absolute atomic E-state index is 12.5. The first-order valence-corrected chi connectivity index (χ1v) is 6.79. The topological polar surface area (TPSA) is 70.7 Å². The Kier molecular flexibility index (Phi) is 5.75. The van der Waals surface area contributed by atoms with Gasteiger partial charge in [-0.15, -0.1) is 0 Å². The van der Waals surface area contributed by atoms with Gasteiger partial charge in [-0.3, -0.25) is 9.59 Å². The summed E-state index contributed by atoms with van der Waals surface area (Å²) in [5.74, 6) is -0.211. The average Bonchev–Trinajstić information content (AvgIpc) is 2.43. The van der Waals surface area contributed by atoms with E-state index in [1.807, 2.05) is 20.8 Å². The number of nitrogens with zero attached hydrogens (tertiary/aromatic N) is 1. The minimum absolute atomic E-state index is 0.0741. The van der Waals surface area contributed by atoms with E-state index in [9.17, 15) is 9.59 Å². The van der Waals surface area contributed by atoms with Crippen molar-refractivity contribution >= 4 is 11.8 Å². The Hall–Kier alpha value is -1.14. The van der Waals surface area contributed by atoms with Crippen LogP contribution in [0.4, 0.5) is 0 Å². The lowest BCUT2D eigenvalue weighted by Crippen LogP contribution is -2.62. The molecule has 0 aromatic carbocycles. The fourth-order valence-electron chi connectivity index (χ4n) is 1.90. The standard InChI is InChI=1S/C13H25N3O3/c1-5-6-15-11(17)10-9-19-8-7-16(10)12(18)13(2,3)14-4/h10,14H,5-9H2,1-4H3,(H,15,17). The van der Waals surface area contributed by atoms with Gasteiger partial charge in [0, 0.05) is 13.1 Å². The van der Waals surface area contributed by atoms with Crippen molar-refractivity contribution in [2.45, 2.75) is 38.8 Å². The average molecular weight is 271 g/mol. The van der Waals surface area contributed by atoms with Gasteiger partial charge in [0.05, 0.1) is 18.8 Å². The summed E-state index contributed by atoms with van der Waals surface area (Å²) >= 11 is 0. The molecule has 1 rings (SSSR count). The highest BCUT2D eigenvalue weighted by molar-refractivity contribution is 5.92. The molecular formula is C13H25N3O3. The molecule has 1 aliphatic heterocycles. The third-order valence-corrected chi connectivity index (χ3v) is 3.40. The molecule has 6 heteroatoms. The molecule has 2 amide bonds. The number of hydrogen-bond acceptors (Lipinski definition) is 4. The number of rotatable bonds is 5. The molecule has 1 unspecified atom stereocenters. The Labute approximate surface area is 114 Å². The second-order valence-corrected chi connectivity index (χ2v) is 5.26. The van der Waals surface area contributed by atoms with Crippen LogP contribution in [0.15, 0.2) is 0 Å². The zero-order chi connectivity index (χ0) is 14.5. The summed E-state index contributed by atoms with van der Waals surface area (Å²) in [4.78, 5) is 26.2. The summed E-state index contributed by atoms with van der Waals surface area (Å²) in [6, 6.07) is -0.527. The zero-order valence-electron chi connectivity index (χ0n) is 12.3. The van der Waals surface area contributed by atoms with Crippen molar-refractivity contribution in [2.75, 3.05) is 33.4 Å². The SMILES string of the molecule is CCCNC(=O)C1COCCN1C(=O)C(C)(C)NC. The van der Waals surface area contributed by atoms with Crippen molar-refractivity contribution in [1.82, 2.24) is 15.5 Å². The second-order valence-electron chi connectivity index (χ2n) is 5.26. The molecule has 0 bridgehead atoms. The molecule has 1 heterocycles. The minimum Gasteiger partial charge on any atom is -0.377 e. The Morgan fingerprint density at radius 3 is 2.68 bits per heavy atom. The van der Waals surface area contributed by atoms with Crippen LogP contribution in [0, 0.1) is 0 Å². The fourth-order valence-corrected chi connectivity index (χ4v) is 1.90. The molecule has 2 N–H and O–H groups in total. The molecule has 1 saturated heterocycles. The highest BCUT2D eigenvalue weighted by Gasteiger charge is 2.38. The van der Waals surface area contributed by atoms with Crippen LogP contribution in [0.5, 0.6) is 0 Å². The molecule has 1 aliphatic rings. The van der Waals surface area contributed by atoms with E-state index in [2.05, 4.69) is 10.6 Å². The van der Waals surface area contributed by atoms with E-state index in [0.29, 0.717) is 19.7 Å². The maximum atomic E-state index is 12.5. The first-order valence-electron chi connectivity index (χ1n) is 6.79. The minimum atomic E-state index is -0.680. The highest BCUT2D eigenvalue weighted by atomic mass is 16.5. The molecule has 6 nitrogen and oxygen atoms in total. The second kappa shape index (κ2) is 6.86. The third kappa shape index (κ3) is 3.91. The monoisotopic (exact) mass is 271 g/mol.